The second-order valence-electron chi connectivity index (χ2n) is 4.89. The van der Waals surface area contributed by atoms with E-state index in [2.05, 4.69) is 10.2 Å². The van der Waals surface area contributed by atoms with Crippen LogP contribution in [-0.4, -0.2) is 43.5 Å². The van der Waals surface area contributed by atoms with Crippen molar-refractivity contribution in [3.05, 3.63) is 0 Å². The number of nitrogens with zero attached hydrogens (tertiary/aromatic N) is 1. The predicted molar refractivity (Wildman–Crippen MR) is 70.8 cm³/mol. The van der Waals surface area contributed by atoms with Crippen molar-refractivity contribution < 1.29 is 4.79 Å². The third kappa shape index (κ3) is 5.50. The summed E-state index contributed by atoms with van der Waals surface area (Å²) in [6.07, 6.45) is 8.03. The van der Waals surface area contributed by atoms with Crippen LogP contribution in [0, 0.1) is 0 Å². The summed E-state index contributed by atoms with van der Waals surface area (Å²) < 4.78 is 0. The maximum atomic E-state index is 11.2. The number of hydrogen-bond acceptors (Lipinski definition) is 3. The molecule has 1 aliphatic carbocycles. The number of carbonyl (C=O) groups is 1. The van der Waals surface area contributed by atoms with E-state index >= 15 is 0 Å². The van der Waals surface area contributed by atoms with E-state index in [4.69, 9.17) is 5.73 Å². The van der Waals surface area contributed by atoms with Gasteiger partial charge in [-0.3, -0.25) is 4.79 Å². The van der Waals surface area contributed by atoms with Gasteiger partial charge in [0.05, 0.1) is 0 Å². The van der Waals surface area contributed by atoms with Crippen LogP contribution in [0.15, 0.2) is 0 Å². The Morgan fingerprint density at radius 3 is 2.53 bits per heavy atom. The summed E-state index contributed by atoms with van der Waals surface area (Å²) in [5, 5.41) is 2.67. The minimum atomic E-state index is 0.148. The van der Waals surface area contributed by atoms with E-state index in [0.29, 0.717) is 6.42 Å². The van der Waals surface area contributed by atoms with E-state index in [0.717, 1.165) is 38.5 Å². The topological polar surface area (TPSA) is 58.4 Å². The second kappa shape index (κ2) is 8.48. The fourth-order valence-electron chi connectivity index (χ4n) is 2.61. The number of amides is 1. The van der Waals surface area contributed by atoms with Crippen LogP contribution in [0.2, 0.25) is 0 Å². The summed E-state index contributed by atoms with van der Waals surface area (Å²) in [5.41, 5.74) is 5.58. The molecule has 100 valence electrons. The fraction of sp³-hybridized carbons (Fsp3) is 0.923. The molecule has 0 aromatic rings. The molecular formula is C13H27N3O. The molecule has 0 spiro atoms. The molecule has 17 heavy (non-hydrogen) atoms. The fourth-order valence-corrected chi connectivity index (χ4v) is 2.61. The van der Waals surface area contributed by atoms with Gasteiger partial charge in [0.15, 0.2) is 0 Å². The highest BCUT2D eigenvalue weighted by atomic mass is 16.1. The zero-order chi connectivity index (χ0) is 12.5. The highest BCUT2D eigenvalue weighted by Gasteiger charge is 2.21. The summed E-state index contributed by atoms with van der Waals surface area (Å²) >= 11 is 0. The van der Waals surface area contributed by atoms with E-state index < -0.39 is 0 Å². The maximum Gasteiger partial charge on any atom is 0.219 e. The van der Waals surface area contributed by atoms with Crippen molar-refractivity contribution in [1.29, 1.82) is 0 Å². The molecule has 0 aromatic heterocycles. The molecule has 1 saturated carbocycles. The maximum absolute atomic E-state index is 11.2. The average molecular weight is 241 g/mol. The van der Waals surface area contributed by atoms with Crippen molar-refractivity contribution in [3.8, 4) is 0 Å². The first-order valence-electron chi connectivity index (χ1n) is 6.92. The zero-order valence-electron chi connectivity index (χ0n) is 11.1. The largest absolute Gasteiger partial charge is 0.359 e. The van der Waals surface area contributed by atoms with Crippen LogP contribution in [0.3, 0.4) is 0 Å². The number of hydrogen-bond donors (Lipinski definition) is 2. The van der Waals surface area contributed by atoms with Crippen molar-refractivity contribution in [1.82, 2.24) is 10.2 Å². The Balaban J connectivity index is 2.26. The predicted octanol–water partition coefficient (Wildman–Crippen LogP) is 1.11. The van der Waals surface area contributed by atoms with Gasteiger partial charge in [0.1, 0.15) is 0 Å². The standard InChI is InChI=1S/C13H27N3O/c1-15-13(17)8-4-10-16(11-5-9-14)12-6-2-3-7-12/h12H,2-11,14H2,1H3,(H,15,17). The third-order valence-electron chi connectivity index (χ3n) is 3.62. The van der Waals surface area contributed by atoms with Crippen molar-refractivity contribution >= 4 is 5.91 Å². The Hall–Kier alpha value is -0.610. The second-order valence-corrected chi connectivity index (χ2v) is 4.89. The molecule has 1 amide bonds. The molecular weight excluding hydrogens is 214 g/mol. The van der Waals surface area contributed by atoms with Gasteiger partial charge in [-0.25, -0.2) is 0 Å². The molecule has 0 aliphatic heterocycles. The van der Waals surface area contributed by atoms with Gasteiger partial charge in [-0.1, -0.05) is 12.8 Å². The molecule has 3 N–H and O–H groups in total. The van der Waals surface area contributed by atoms with E-state index in [1.54, 1.807) is 7.05 Å². The van der Waals surface area contributed by atoms with Crippen LogP contribution in [0.5, 0.6) is 0 Å². The van der Waals surface area contributed by atoms with Crippen molar-refractivity contribution in [2.45, 2.75) is 51.0 Å². The molecule has 0 unspecified atom stereocenters. The lowest BCUT2D eigenvalue weighted by molar-refractivity contribution is -0.120. The lowest BCUT2D eigenvalue weighted by Gasteiger charge is -2.28. The third-order valence-corrected chi connectivity index (χ3v) is 3.62. The van der Waals surface area contributed by atoms with E-state index in [1.165, 1.54) is 25.7 Å². The number of nitrogens with two attached hydrogens (primary N) is 1. The van der Waals surface area contributed by atoms with Crippen LogP contribution < -0.4 is 11.1 Å². The number of nitrogens with one attached hydrogen (secondary N) is 1. The SMILES string of the molecule is CNC(=O)CCCN(CCCN)C1CCCC1. The van der Waals surface area contributed by atoms with E-state index in [9.17, 15) is 4.79 Å². The van der Waals surface area contributed by atoms with Crippen molar-refractivity contribution in [2.75, 3.05) is 26.7 Å². The molecule has 1 aliphatic rings. The van der Waals surface area contributed by atoms with Gasteiger partial charge in [0.2, 0.25) is 5.91 Å². The Labute approximate surface area is 105 Å². The zero-order valence-corrected chi connectivity index (χ0v) is 11.1. The lowest BCUT2D eigenvalue weighted by Crippen LogP contribution is -2.36. The van der Waals surface area contributed by atoms with Gasteiger partial charge < -0.3 is 16.0 Å². The molecule has 0 saturated heterocycles. The van der Waals surface area contributed by atoms with Crippen molar-refractivity contribution in [3.63, 3.8) is 0 Å². The molecule has 4 heteroatoms. The molecule has 0 aromatic carbocycles. The average Bonchev–Trinajstić information content (AvgIpc) is 2.86. The minimum absolute atomic E-state index is 0.148. The van der Waals surface area contributed by atoms with Crippen LogP contribution in [0.1, 0.15) is 44.9 Å². The van der Waals surface area contributed by atoms with Crippen LogP contribution in [0.4, 0.5) is 0 Å². The van der Waals surface area contributed by atoms with Crippen LogP contribution >= 0.6 is 0 Å². The lowest BCUT2D eigenvalue weighted by atomic mass is 10.1. The Bertz CT molecular complexity index is 215. The monoisotopic (exact) mass is 241 g/mol. The van der Waals surface area contributed by atoms with Gasteiger partial charge in [-0.15, -0.1) is 0 Å². The first-order valence-corrected chi connectivity index (χ1v) is 6.92. The molecule has 0 atom stereocenters. The minimum Gasteiger partial charge on any atom is -0.359 e. The molecule has 1 rings (SSSR count). The summed E-state index contributed by atoms with van der Waals surface area (Å²) in [7, 11) is 1.70. The van der Waals surface area contributed by atoms with Gasteiger partial charge in [0.25, 0.3) is 0 Å². The first kappa shape index (κ1) is 14.5. The summed E-state index contributed by atoms with van der Waals surface area (Å²) in [5.74, 6) is 0.148. The van der Waals surface area contributed by atoms with Gasteiger partial charge in [-0.05, 0) is 45.3 Å². The quantitative estimate of drug-likeness (QED) is 0.669. The molecule has 0 heterocycles. The summed E-state index contributed by atoms with van der Waals surface area (Å²) in [6.45, 7) is 2.89. The first-order chi connectivity index (χ1) is 8.27. The Morgan fingerprint density at radius 1 is 1.29 bits per heavy atom. The summed E-state index contributed by atoms with van der Waals surface area (Å²) in [6, 6.07) is 0.742. The summed E-state index contributed by atoms with van der Waals surface area (Å²) in [4.78, 5) is 13.7. The van der Waals surface area contributed by atoms with Gasteiger partial charge in [0, 0.05) is 19.5 Å². The molecule has 0 bridgehead atoms. The van der Waals surface area contributed by atoms with E-state index in [-0.39, 0.29) is 5.91 Å². The molecule has 4 nitrogen and oxygen atoms in total. The number of carbonyl (C=O) groups excluding carboxylic acids is 1. The van der Waals surface area contributed by atoms with E-state index in [1.807, 2.05) is 0 Å². The Morgan fingerprint density at radius 2 is 1.94 bits per heavy atom. The molecule has 1 fully saturated rings. The number of rotatable bonds is 8. The normalized spacial score (nSPS) is 16.6. The van der Waals surface area contributed by atoms with Crippen LogP contribution in [0.25, 0.3) is 0 Å². The van der Waals surface area contributed by atoms with Gasteiger partial charge in [-0.2, -0.15) is 0 Å². The highest BCUT2D eigenvalue weighted by Crippen LogP contribution is 2.23. The van der Waals surface area contributed by atoms with Gasteiger partial charge >= 0.3 is 0 Å². The molecule has 0 radical (unpaired) electrons. The smallest absolute Gasteiger partial charge is 0.219 e. The Kier molecular flexibility index (Phi) is 7.21. The highest BCUT2D eigenvalue weighted by molar-refractivity contribution is 5.75. The van der Waals surface area contributed by atoms with Crippen molar-refractivity contribution in [2.24, 2.45) is 5.73 Å². The van der Waals surface area contributed by atoms with Crippen LogP contribution in [-0.2, 0) is 4.79 Å².